The second kappa shape index (κ2) is 5.95. The van der Waals surface area contributed by atoms with Crippen LogP contribution >= 0.6 is 0 Å². The van der Waals surface area contributed by atoms with Crippen LogP contribution in [-0.2, 0) is 0 Å². The lowest BCUT2D eigenvalue weighted by molar-refractivity contribution is 0.0692. The van der Waals surface area contributed by atoms with Gasteiger partial charge in [-0.3, -0.25) is 0 Å². The summed E-state index contributed by atoms with van der Waals surface area (Å²) in [5.41, 5.74) is 0.815. The van der Waals surface area contributed by atoms with Crippen molar-refractivity contribution in [3.63, 3.8) is 0 Å². The predicted octanol–water partition coefficient (Wildman–Crippen LogP) is 3.47. The van der Waals surface area contributed by atoms with Crippen molar-refractivity contribution in [2.75, 3.05) is 6.61 Å². The van der Waals surface area contributed by atoms with Crippen molar-refractivity contribution in [2.45, 2.75) is 19.8 Å². The van der Waals surface area contributed by atoms with Crippen molar-refractivity contribution in [2.24, 2.45) is 5.18 Å². The van der Waals surface area contributed by atoms with Crippen molar-refractivity contribution < 1.29 is 14.6 Å². The number of nitrogens with zero attached hydrogens (tertiary/aromatic N) is 1. The van der Waals surface area contributed by atoms with Gasteiger partial charge in [-0.15, -0.1) is 4.91 Å². The topological polar surface area (TPSA) is 76.0 Å². The van der Waals surface area contributed by atoms with Gasteiger partial charge < -0.3 is 9.84 Å². The molecule has 5 nitrogen and oxygen atoms in total. The fourth-order valence-corrected chi connectivity index (χ4v) is 1.56. The van der Waals surface area contributed by atoms with E-state index in [0.717, 1.165) is 0 Å². The SMILES string of the molecule is C=CCOc1cc(N=O)c(C(C)C)cc1C(=O)O. The average Bonchev–Trinajstić information content (AvgIpc) is 2.34. The highest BCUT2D eigenvalue weighted by Gasteiger charge is 2.18. The summed E-state index contributed by atoms with van der Waals surface area (Å²) in [6.45, 7) is 7.37. The van der Waals surface area contributed by atoms with Crippen molar-refractivity contribution in [1.29, 1.82) is 0 Å². The summed E-state index contributed by atoms with van der Waals surface area (Å²) in [4.78, 5) is 21.9. The number of aromatic carboxylic acids is 1. The van der Waals surface area contributed by atoms with E-state index in [1.165, 1.54) is 18.2 Å². The number of benzene rings is 1. The van der Waals surface area contributed by atoms with Gasteiger partial charge >= 0.3 is 5.97 Å². The van der Waals surface area contributed by atoms with Crippen LogP contribution in [0.3, 0.4) is 0 Å². The first-order chi connectivity index (χ1) is 8.51. The zero-order chi connectivity index (χ0) is 13.7. The maximum absolute atomic E-state index is 11.1. The second-order valence-electron chi connectivity index (χ2n) is 4.06. The van der Waals surface area contributed by atoms with Crippen LogP contribution < -0.4 is 4.74 Å². The van der Waals surface area contributed by atoms with Crippen LogP contribution in [0.1, 0.15) is 35.7 Å². The van der Waals surface area contributed by atoms with E-state index < -0.39 is 5.97 Å². The van der Waals surface area contributed by atoms with Gasteiger partial charge in [0.15, 0.2) is 0 Å². The third-order valence-corrected chi connectivity index (χ3v) is 2.44. The average molecular weight is 249 g/mol. The van der Waals surface area contributed by atoms with Crippen LogP contribution in [0.4, 0.5) is 5.69 Å². The largest absolute Gasteiger partial charge is 0.489 e. The van der Waals surface area contributed by atoms with Gasteiger partial charge in [-0.1, -0.05) is 26.5 Å². The molecular formula is C13H15NO4. The summed E-state index contributed by atoms with van der Waals surface area (Å²) >= 11 is 0. The van der Waals surface area contributed by atoms with Gasteiger partial charge in [-0.25, -0.2) is 4.79 Å². The molecule has 0 radical (unpaired) electrons. The van der Waals surface area contributed by atoms with Crippen molar-refractivity contribution >= 4 is 11.7 Å². The number of ether oxygens (including phenoxy) is 1. The molecule has 0 fully saturated rings. The minimum absolute atomic E-state index is 0.00394. The van der Waals surface area contributed by atoms with Gasteiger partial charge in [-0.05, 0) is 22.7 Å². The molecule has 0 saturated carbocycles. The molecule has 1 aromatic rings. The zero-order valence-corrected chi connectivity index (χ0v) is 10.3. The number of rotatable bonds is 6. The summed E-state index contributed by atoms with van der Waals surface area (Å²) in [6.07, 6.45) is 1.50. The van der Waals surface area contributed by atoms with Gasteiger partial charge in [0, 0.05) is 6.07 Å². The third-order valence-electron chi connectivity index (χ3n) is 2.44. The Labute approximate surface area is 105 Å². The molecule has 18 heavy (non-hydrogen) atoms. The van der Waals surface area contributed by atoms with E-state index in [4.69, 9.17) is 9.84 Å². The Morgan fingerprint density at radius 2 is 2.22 bits per heavy atom. The second-order valence-corrected chi connectivity index (χ2v) is 4.06. The summed E-state index contributed by atoms with van der Waals surface area (Å²) in [7, 11) is 0. The summed E-state index contributed by atoms with van der Waals surface area (Å²) < 4.78 is 5.23. The monoisotopic (exact) mass is 249 g/mol. The Morgan fingerprint density at radius 1 is 1.56 bits per heavy atom. The first-order valence-corrected chi connectivity index (χ1v) is 5.49. The summed E-state index contributed by atoms with van der Waals surface area (Å²) in [5.74, 6) is -0.973. The molecule has 0 aromatic heterocycles. The van der Waals surface area contributed by atoms with Gasteiger partial charge in [0.2, 0.25) is 0 Å². The standard InChI is InChI=1S/C13H15NO4/c1-4-5-18-12-7-11(14-17)9(8(2)3)6-10(12)13(15)16/h4,6-8H,1,5H2,2-3H3,(H,15,16). The van der Waals surface area contributed by atoms with Crippen molar-refractivity contribution in [3.8, 4) is 5.75 Å². The lowest BCUT2D eigenvalue weighted by Crippen LogP contribution is -2.05. The molecule has 0 saturated heterocycles. The number of carboxylic acids is 1. The third kappa shape index (κ3) is 2.94. The highest BCUT2D eigenvalue weighted by atomic mass is 16.5. The van der Waals surface area contributed by atoms with Crippen LogP contribution in [0.25, 0.3) is 0 Å². The van der Waals surface area contributed by atoms with Crippen LogP contribution in [0.5, 0.6) is 5.75 Å². The molecule has 0 aliphatic heterocycles. The smallest absolute Gasteiger partial charge is 0.339 e. The molecule has 0 atom stereocenters. The first-order valence-electron chi connectivity index (χ1n) is 5.49. The molecule has 0 heterocycles. The molecular weight excluding hydrogens is 234 g/mol. The van der Waals surface area contributed by atoms with Gasteiger partial charge in [-0.2, -0.15) is 0 Å². The number of carboxylic acid groups (broad SMARTS) is 1. The number of nitroso groups, excluding NO2 is 1. The highest BCUT2D eigenvalue weighted by Crippen LogP contribution is 2.33. The first kappa shape index (κ1) is 13.9. The van der Waals surface area contributed by atoms with Crippen LogP contribution in [-0.4, -0.2) is 17.7 Å². The minimum Gasteiger partial charge on any atom is -0.489 e. The highest BCUT2D eigenvalue weighted by molar-refractivity contribution is 5.92. The molecule has 1 rings (SSSR count). The van der Waals surface area contributed by atoms with E-state index in [2.05, 4.69) is 11.8 Å². The van der Waals surface area contributed by atoms with Gasteiger partial charge in [0.25, 0.3) is 0 Å². The van der Waals surface area contributed by atoms with E-state index in [0.29, 0.717) is 5.56 Å². The molecule has 1 aromatic carbocycles. The quantitative estimate of drug-likeness (QED) is 0.618. The maximum Gasteiger partial charge on any atom is 0.339 e. The summed E-state index contributed by atoms with van der Waals surface area (Å²) in [6, 6.07) is 2.79. The molecule has 0 spiro atoms. The fraction of sp³-hybridized carbons (Fsp3) is 0.308. The minimum atomic E-state index is -1.10. The van der Waals surface area contributed by atoms with Crippen LogP contribution in [0.15, 0.2) is 30.0 Å². The molecule has 1 N–H and O–H groups in total. The molecule has 96 valence electrons. The van der Waals surface area contributed by atoms with E-state index >= 15 is 0 Å². The Kier molecular flexibility index (Phi) is 4.59. The van der Waals surface area contributed by atoms with E-state index in [-0.39, 0.29) is 29.5 Å². The lowest BCUT2D eigenvalue weighted by atomic mass is 9.98. The lowest BCUT2D eigenvalue weighted by Gasteiger charge is -2.13. The molecule has 0 amide bonds. The van der Waals surface area contributed by atoms with E-state index in [1.807, 2.05) is 13.8 Å². The van der Waals surface area contributed by atoms with Gasteiger partial charge in [0.1, 0.15) is 23.6 Å². The predicted molar refractivity (Wildman–Crippen MR) is 68.6 cm³/mol. The molecule has 0 aliphatic carbocycles. The molecule has 5 heteroatoms. The number of hydrogen-bond donors (Lipinski definition) is 1. The normalized spacial score (nSPS) is 10.2. The van der Waals surface area contributed by atoms with Crippen molar-refractivity contribution in [3.05, 3.63) is 40.8 Å². The number of carbonyl (C=O) groups is 1. The maximum atomic E-state index is 11.1. The zero-order valence-electron chi connectivity index (χ0n) is 10.3. The van der Waals surface area contributed by atoms with Gasteiger partial charge in [0.05, 0.1) is 0 Å². The van der Waals surface area contributed by atoms with E-state index in [1.54, 1.807) is 0 Å². The Hall–Kier alpha value is -2.17. The Balaban J connectivity index is 3.36. The molecule has 0 unspecified atom stereocenters. The molecule has 0 aliphatic rings. The van der Waals surface area contributed by atoms with Crippen molar-refractivity contribution in [1.82, 2.24) is 0 Å². The fourth-order valence-electron chi connectivity index (χ4n) is 1.56. The Bertz CT molecular complexity index is 480. The Morgan fingerprint density at radius 3 is 2.67 bits per heavy atom. The number of hydrogen-bond acceptors (Lipinski definition) is 4. The van der Waals surface area contributed by atoms with Crippen LogP contribution in [0.2, 0.25) is 0 Å². The van der Waals surface area contributed by atoms with E-state index in [9.17, 15) is 9.70 Å². The molecule has 0 bridgehead atoms. The van der Waals surface area contributed by atoms with Crippen LogP contribution in [0, 0.1) is 4.91 Å². The summed E-state index contributed by atoms with van der Waals surface area (Å²) in [5, 5.41) is 12.0.